The van der Waals surface area contributed by atoms with Gasteiger partial charge in [0.1, 0.15) is 5.56 Å². The normalized spacial score (nSPS) is 24.8. The molecule has 0 aromatic carbocycles. The number of hydrogen-bond donors (Lipinski definition) is 0. The Morgan fingerprint density at radius 1 is 1.14 bits per heavy atom. The molecule has 0 radical (unpaired) electrons. The van der Waals surface area contributed by atoms with Gasteiger partial charge in [0.15, 0.2) is 0 Å². The minimum absolute atomic E-state index is 0.112. The van der Waals surface area contributed by atoms with Crippen LogP contribution in [0.5, 0.6) is 0 Å². The molecule has 29 heavy (non-hydrogen) atoms. The molecule has 0 spiro atoms. The fraction of sp³-hybridized carbons (Fsp3) is 0.545. The Hall–Kier alpha value is -1.96. The summed E-state index contributed by atoms with van der Waals surface area (Å²) in [6.45, 7) is 6.12. The molecule has 2 fully saturated rings. The summed E-state index contributed by atoms with van der Waals surface area (Å²) in [5, 5.41) is 4.35. The number of piperidine rings is 1. The van der Waals surface area contributed by atoms with Gasteiger partial charge in [-0.3, -0.25) is 14.5 Å². The number of carbonyl (C=O) groups is 1. The summed E-state index contributed by atoms with van der Waals surface area (Å²) < 4.78 is 7.34. The quantitative estimate of drug-likeness (QED) is 0.775. The van der Waals surface area contributed by atoms with Crippen molar-refractivity contribution >= 4 is 17.2 Å². The van der Waals surface area contributed by atoms with E-state index in [0.717, 1.165) is 44.7 Å². The third-order valence-corrected chi connectivity index (χ3v) is 7.14. The zero-order chi connectivity index (χ0) is 19.8. The average Bonchev–Trinajstić information content (AvgIpc) is 3.07. The van der Waals surface area contributed by atoms with E-state index in [-0.39, 0.29) is 11.5 Å². The predicted octanol–water partition coefficient (Wildman–Crippen LogP) is 2.39. The van der Waals surface area contributed by atoms with Crippen molar-refractivity contribution in [3.8, 4) is 0 Å². The van der Waals surface area contributed by atoms with Gasteiger partial charge in [-0.1, -0.05) is 0 Å². The molecule has 154 valence electrons. The largest absolute Gasteiger partial charge is 0.380 e. The molecule has 2 aromatic heterocycles. The number of amides is 1. The van der Waals surface area contributed by atoms with Gasteiger partial charge in [-0.05, 0) is 53.3 Å². The Balaban J connectivity index is 1.38. The molecule has 2 bridgehead atoms. The second-order valence-electron chi connectivity index (χ2n) is 8.47. The third-order valence-electron chi connectivity index (χ3n) is 6.41. The third kappa shape index (κ3) is 3.79. The maximum atomic E-state index is 13.2. The van der Waals surface area contributed by atoms with E-state index in [1.165, 1.54) is 5.56 Å². The summed E-state index contributed by atoms with van der Waals surface area (Å²) in [5.41, 5.74) is 2.66. The van der Waals surface area contributed by atoms with Crippen LogP contribution < -0.4 is 5.56 Å². The first-order valence-corrected chi connectivity index (χ1v) is 11.5. The Labute approximate surface area is 174 Å². The first-order valence-electron chi connectivity index (χ1n) is 10.5. The molecular weight excluding hydrogens is 386 g/mol. The summed E-state index contributed by atoms with van der Waals surface area (Å²) in [7, 11) is 0. The molecule has 0 saturated carbocycles. The smallest absolute Gasteiger partial charge is 0.263 e. The van der Waals surface area contributed by atoms with Gasteiger partial charge in [-0.2, -0.15) is 11.3 Å². The van der Waals surface area contributed by atoms with Crippen LogP contribution >= 0.6 is 11.3 Å². The Morgan fingerprint density at radius 3 is 2.93 bits per heavy atom. The van der Waals surface area contributed by atoms with Crippen LogP contribution in [0.25, 0.3) is 0 Å². The van der Waals surface area contributed by atoms with E-state index in [1.807, 2.05) is 10.6 Å². The molecule has 1 amide bonds. The van der Waals surface area contributed by atoms with E-state index >= 15 is 0 Å². The summed E-state index contributed by atoms with van der Waals surface area (Å²) in [4.78, 5) is 30.5. The number of fused-ring (bicyclic) bond motifs is 4. The van der Waals surface area contributed by atoms with Gasteiger partial charge >= 0.3 is 0 Å². The van der Waals surface area contributed by atoms with Crippen molar-refractivity contribution in [2.24, 2.45) is 5.92 Å². The van der Waals surface area contributed by atoms with E-state index in [4.69, 9.17) is 4.74 Å². The molecule has 5 heterocycles. The van der Waals surface area contributed by atoms with Gasteiger partial charge in [0.05, 0.1) is 6.61 Å². The number of rotatable bonds is 3. The van der Waals surface area contributed by atoms with Gasteiger partial charge in [-0.15, -0.1) is 0 Å². The molecule has 0 aliphatic carbocycles. The standard InChI is InChI=1S/C22H27N3O3S/c26-21(24-5-1-7-28-8-6-24)19-2-3-20-18-10-17(13-25(20)22(19)27)12-23(14-18)11-16-4-9-29-15-16/h2-4,9,15,17-18H,1,5-8,10-14H2/t17-,18+/m0/s1. The highest BCUT2D eigenvalue weighted by Gasteiger charge is 2.35. The fourth-order valence-corrected chi connectivity index (χ4v) is 5.76. The zero-order valence-corrected chi connectivity index (χ0v) is 17.4. The van der Waals surface area contributed by atoms with Crippen LogP contribution in [0.3, 0.4) is 0 Å². The topological polar surface area (TPSA) is 54.8 Å². The second-order valence-corrected chi connectivity index (χ2v) is 9.25. The molecule has 3 aliphatic heterocycles. The first-order chi connectivity index (χ1) is 14.2. The summed E-state index contributed by atoms with van der Waals surface area (Å²) in [6, 6.07) is 5.98. The number of thiophene rings is 1. The molecule has 0 unspecified atom stereocenters. The Morgan fingerprint density at radius 2 is 2.07 bits per heavy atom. The minimum Gasteiger partial charge on any atom is -0.380 e. The van der Waals surface area contributed by atoms with Gasteiger partial charge in [0.2, 0.25) is 0 Å². The number of hydrogen-bond acceptors (Lipinski definition) is 5. The molecule has 5 rings (SSSR count). The lowest BCUT2D eigenvalue weighted by Gasteiger charge is -2.43. The fourth-order valence-electron chi connectivity index (χ4n) is 5.10. The lowest BCUT2D eigenvalue weighted by molar-refractivity contribution is 0.0736. The van der Waals surface area contributed by atoms with Crippen molar-refractivity contribution in [2.45, 2.75) is 31.8 Å². The summed E-state index contributed by atoms with van der Waals surface area (Å²) >= 11 is 1.74. The zero-order valence-electron chi connectivity index (χ0n) is 16.6. The number of carbonyl (C=O) groups excluding carboxylic acids is 1. The molecule has 3 aliphatic rings. The Kier molecular flexibility index (Phi) is 5.28. The maximum absolute atomic E-state index is 13.2. The number of pyridine rings is 1. The number of ether oxygens (including phenoxy) is 1. The Bertz CT molecular complexity index is 931. The molecule has 7 heteroatoms. The lowest BCUT2D eigenvalue weighted by atomic mass is 9.83. The average molecular weight is 414 g/mol. The van der Waals surface area contributed by atoms with Crippen LogP contribution in [-0.2, 0) is 17.8 Å². The first kappa shape index (κ1) is 19.0. The van der Waals surface area contributed by atoms with Crippen molar-refractivity contribution in [1.82, 2.24) is 14.4 Å². The molecule has 2 atom stereocenters. The van der Waals surface area contributed by atoms with E-state index in [1.54, 1.807) is 22.3 Å². The molecule has 2 aromatic rings. The lowest BCUT2D eigenvalue weighted by Crippen LogP contribution is -2.48. The van der Waals surface area contributed by atoms with Crippen LogP contribution in [0, 0.1) is 5.92 Å². The van der Waals surface area contributed by atoms with E-state index < -0.39 is 0 Å². The second kappa shape index (κ2) is 8.05. The highest BCUT2D eigenvalue weighted by Crippen LogP contribution is 2.35. The van der Waals surface area contributed by atoms with Crippen LogP contribution in [0.1, 0.15) is 40.4 Å². The highest BCUT2D eigenvalue weighted by atomic mass is 32.1. The van der Waals surface area contributed by atoms with Crippen LogP contribution in [-0.4, -0.2) is 59.7 Å². The van der Waals surface area contributed by atoms with Gasteiger partial charge < -0.3 is 14.2 Å². The van der Waals surface area contributed by atoms with Crippen LogP contribution in [0.4, 0.5) is 0 Å². The van der Waals surface area contributed by atoms with Crippen molar-refractivity contribution < 1.29 is 9.53 Å². The number of nitrogens with zero attached hydrogens (tertiary/aromatic N) is 3. The van der Waals surface area contributed by atoms with Gasteiger partial charge in [0, 0.05) is 57.5 Å². The van der Waals surface area contributed by atoms with E-state index in [0.29, 0.717) is 43.7 Å². The number of likely N-dealkylation sites (tertiary alicyclic amines) is 1. The summed E-state index contributed by atoms with van der Waals surface area (Å²) in [6.07, 6.45) is 1.96. The molecule has 0 N–H and O–H groups in total. The van der Waals surface area contributed by atoms with Crippen molar-refractivity contribution in [3.63, 3.8) is 0 Å². The molecular formula is C22H27N3O3S. The van der Waals surface area contributed by atoms with E-state index in [2.05, 4.69) is 21.7 Å². The number of aromatic nitrogens is 1. The van der Waals surface area contributed by atoms with Gasteiger partial charge in [-0.25, -0.2) is 0 Å². The van der Waals surface area contributed by atoms with Crippen molar-refractivity contribution in [2.75, 3.05) is 39.4 Å². The SMILES string of the molecule is O=C(c1ccc2n(c1=O)C[C@H]1C[C@@H]2CN(Cc2ccsc2)C1)N1CCCOCC1. The van der Waals surface area contributed by atoms with Gasteiger partial charge in [0.25, 0.3) is 11.5 Å². The monoisotopic (exact) mass is 413 g/mol. The molecule has 6 nitrogen and oxygen atoms in total. The minimum atomic E-state index is -0.148. The maximum Gasteiger partial charge on any atom is 0.263 e. The van der Waals surface area contributed by atoms with E-state index in [9.17, 15) is 9.59 Å². The highest BCUT2D eigenvalue weighted by molar-refractivity contribution is 7.07. The molecule has 2 saturated heterocycles. The van der Waals surface area contributed by atoms with Crippen LogP contribution in [0.2, 0.25) is 0 Å². The summed E-state index contributed by atoms with van der Waals surface area (Å²) in [5.74, 6) is 0.685. The van der Waals surface area contributed by atoms with Crippen molar-refractivity contribution in [1.29, 1.82) is 0 Å². The van der Waals surface area contributed by atoms with Crippen LogP contribution in [0.15, 0.2) is 33.8 Å². The van der Waals surface area contributed by atoms with Crippen molar-refractivity contribution in [3.05, 3.63) is 56.1 Å². The predicted molar refractivity (Wildman–Crippen MR) is 112 cm³/mol.